The number of aromatic nitrogens is 2. The van der Waals surface area contributed by atoms with Crippen molar-refractivity contribution in [1.29, 1.82) is 0 Å². The number of hydrogen-bond donors (Lipinski definition) is 2. The molecule has 8 nitrogen and oxygen atoms in total. The molecule has 0 aliphatic rings. The maximum atomic E-state index is 12.8. The SMILES string of the molecule is COc1cc(NC(=O)c2cc(Nc3ccccc3)nc(C)n2)cc(OC)c1OC. The van der Waals surface area contributed by atoms with Gasteiger partial charge in [0.2, 0.25) is 5.75 Å². The normalized spacial score (nSPS) is 10.2. The summed E-state index contributed by atoms with van der Waals surface area (Å²) in [5.41, 5.74) is 1.57. The number of nitrogens with one attached hydrogen (secondary N) is 2. The zero-order chi connectivity index (χ0) is 20.8. The molecule has 0 fully saturated rings. The molecule has 2 N–H and O–H groups in total. The van der Waals surface area contributed by atoms with E-state index in [-0.39, 0.29) is 11.6 Å². The van der Waals surface area contributed by atoms with Gasteiger partial charge < -0.3 is 24.8 Å². The number of para-hydroxylation sites is 1. The minimum absolute atomic E-state index is 0.227. The van der Waals surface area contributed by atoms with E-state index in [2.05, 4.69) is 20.6 Å². The Balaban J connectivity index is 1.86. The molecule has 1 heterocycles. The van der Waals surface area contributed by atoms with Gasteiger partial charge in [0.05, 0.1) is 21.3 Å². The van der Waals surface area contributed by atoms with Crippen LogP contribution in [0.25, 0.3) is 0 Å². The Kier molecular flexibility index (Phi) is 6.13. The van der Waals surface area contributed by atoms with Crippen LogP contribution in [0.4, 0.5) is 17.2 Å². The molecule has 1 aromatic heterocycles. The average molecular weight is 394 g/mol. The predicted octanol–water partition coefficient (Wildman–Crippen LogP) is 3.81. The number of ether oxygens (including phenoxy) is 3. The first-order valence-electron chi connectivity index (χ1n) is 8.83. The summed E-state index contributed by atoms with van der Waals surface area (Å²) in [7, 11) is 4.54. The third-order valence-corrected chi connectivity index (χ3v) is 4.04. The summed E-state index contributed by atoms with van der Waals surface area (Å²) in [5.74, 6) is 1.93. The topological polar surface area (TPSA) is 94.6 Å². The van der Waals surface area contributed by atoms with Crippen LogP contribution in [0.2, 0.25) is 0 Å². The summed E-state index contributed by atoms with van der Waals surface area (Å²) < 4.78 is 15.9. The molecule has 0 bridgehead atoms. The van der Waals surface area contributed by atoms with Crippen LogP contribution >= 0.6 is 0 Å². The Morgan fingerprint density at radius 1 is 0.862 bits per heavy atom. The van der Waals surface area contributed by atoms with Gasteiger partial charge >= 0.3 is 0 Å². The molecule has 0 radical (unpaired) electrons. The van der Waals surface area contributed by atoms with Crippen molar-refractivity contribution in [2.24, 2.45) is 0 Å². The van der Waals surface area contributed by atoms with Crippen molar-refractivity contribution >= 4 is 23.1 Å². The Morgan fingerprint density at radius 3 is 2.10 bits per heavy atom. The molecule has 29 heavy (non-hydrogen) atoms. The van der Waals surface area contributed by atoms with Gasteiger partial charge in [-0.1, -0.05) is 18.2 Å². The standard InChI is InChI=1S/C21H22N4O4/c1-13-22-16(12-19(23-13)24-14-8-6-5-7-9-14)21(26)25-15-10-17(27-2)20(29-4)18(11-15)28-3/h5-12H,1-4H3,(H,25,26)(H,22,23,24). The molecule has 3 aromatic rings. The van der Waals surface area contributed by atoms with Gasteiger partial charge in [-0.3, -0.25) is 4.79 Å². The minimum atomic E-state index is -0.388. The molecule has 150 valence electrons. The van der Waals surface area contributed by atoms with Crippen LogP contribution in [-0.4, -0.2) is 37.2 Å². The van der Waals surface area contributed by atoms with Crippen molar-refractivity contribution in [3.8, 4) is 17.2 Å². The predicted molar refractivity (Wildman–Crippen MR) is 111 cm³/mol. The molecule has 1 amide bonds. The number of benzene rings is 2. The Labute approximate surface area is 168 Å². The van der Waals surface area contributed by atoms with Crippen molar-refractivity contribution in [3.05, 3.63) is 60.0 Å². The number of carbonyl (C=O) groups excluding carboxylic acids is 1. The van der Waals surface area contributed by atoms with E-state index in [0.29, 0.717) is 34.6 Å². The second-order valence-electron chi connectivity index (χ2n) is 6.04. The molecule has 0 spiro atoms. The fourth-order valence-corrected chi connectivity index (χ4v) is 2.77. The first-order chi connectivity index (χ1) is 14.0. The second kappa shape index (κ2) is 8.92. The van der Waals surface area contributed by atoms with E-state index in [1.165, 1.54) is 21.3 Å². The Bertz CT molecular complexity index is 984. The first kappa shape index (κ1) is 19.9. The van der Waals surface area contributed by atoms with Crippen molar-refractivity contribution in [2.75, 3.05) is 32.0 Å². The lowest BCUT2D eigenvalue weighted by Gasteiger charge is -2.14. The molecular weight excluding hydrogens is 372 g/mol. The minimum Gasteiger partial charge on any atom is -0.493 e. The van der Waals surface area contributed by atoms with Gasteiger partial charge in [0, 0.05) is 29.6 Å². The summed E-state index contributed by atoms with van der Waals surface area (Å²) in [4.78, 5) is 21.4. The van der Waals surface area contributed by atoms with Crippen LogP contribution in [0.1, 0.15) is 16.3 Å². The molecule has 0 unspecified atom stereocenters. The van der Waals surface area contributed by atoms with Crippen LogP contribution in [-0.2, 0) is 0 Å². The number of nitrogens with zero attached hydrogens (tertiary/aromatic N) is 2. The maximum Gasteiger partial charge on any atom is 0.274 e. The third kappa shape index (κ3) is 4.73. The highest BCUT2D eigenvalue weighted by Gasteiger charge is 2.16. The summed E-state index contributed by atoms with van der Waals surface area (Å²) in [6.07, 6.45) is 0. The van der Waals surface area contributed by atoms with E-state index >= 15 is 0 Å². The second-order valence-corrected chi connectivity index (χ2v) is 6.04. The fourth-order valence-electron chi connectivity index (χ4n) is 2.77. The summed E-state index contributed by atoms with van der Waals surface area (Å²) in [5, 5.41) is 5.97. The summed E-state index contributed by atoms with van der Waals surface area (Å²) >= 11 is 0. The quantitative estimate of drug-likeness (QED) is 0.629. The van der Waals surface area contributed by atoms with Gasteiger partial charge in [0.15, 0.2) is 11.5 Å². The highest BCUT2D eigenvalue weighted by molar-refractivity contribution is 6.03. The molecule has 0 atom stereocenters. The van der Waals surface area contributed by atoms with Crippen LogP contribution in [0, 0.1) is 6.92 Å². The van der Waals surface area contributed by atoms with E-state index in [1.807, 2.05) is 30.3 Å². The molecular formula is C21H22N4O4. The largest absolute Gasteiger partial charge is 0.493 e. The van der Waals surface area contributed by atoms with Gasteiger partial charge in [-0.25, -0.2) is 9.97 Å². The molecule has 3 rings (SSSR count). The van der Waals surface area contributed by atoms with Gasteiger partial charge in [0.1, 0.15) is 17.3 Å². The lowest BCUT2D eigenvalue weighted by molar-refractivity contribution is 0.102. The lowest BCUT2D eigenvalue weighted by atomic mass is 10.2. The van der Waals surface area contributed by atoms with Gasteiger partial charge in [0.25, 0.3) is 5.91 Å². The molecule has 0 saturated heterocycles. The number of methoxy groups -OCH3 is 3. The number of rotatable bonds is 7. The molecule has 8 heteroatoms. The number of carbonyl (C=O) groups is 1. The Morgan fingerprint density at radius 2 is 1.52 bits per heavy atom. The zero-order valence-corrected chi connectivity index (χ0v) is 16.6. The number of aryl methyl sites for hydroxylation is 1. The number of hydrogen-bond acceptors (Lipinski definition) is 7. The van der Waals surface area contributed by atoms with Crippen LogP contribution in [0.5, 0.6) is 17.2 Å². The summed E-state index contributed by atoms with van der Waals surface area (Å²) in [6, 6.07) is 14.5. The van der Waals surface area contributed by atoms with E-state index in [9.17, 15) is 4.79 Å². The molecule has 0 aliphatic heterocycles. The molecule has 0 aliphatic carbocycles. The van der Waals surface area contributed by atoms with Crippen molar-refractivity contribution in [3.63, 3.8) is 0 Å². The Hall–Kier alpha value is -3.81. The first-order valence-corrected chi connectivity index (χ1v) is 8.83. The monoisotopic (exact) mass is 394 g/mol. The van der Waals surface area contributed by atoms with Crippen molar-refractivity contribution in [2.45, 2.75) is 6.92 Å². The van der Waals surface area contributed by atoms with E-state index in [0.717, 1.165) is 5.69 Å². The van der Waals surface area contributed by atoms with Crippen molar-refractivity contribution < 1.29 is 19.0 Å². The highest BCUT2D eigenvalue weighted by atomic mass is 16.5. The molecule has 2 aromatic carbocycles. The van der Waals surface area contributed by atoms with E-state index < -0.39 is 0 Å². The lowest BCUT2D eigenvalue weighted by Crippen LogP contribution is -2.15. The summed E-state index contributed by atoms with van der Waals surface area (Å²) in [6.45, 7) is 1.73. The van der Waals surface area contributed by atoms with Gasteiger partial charge in [-0.2, -0.15) is 0 Å². The van der Waals surface area contributed by atoms with E-state index in [1.54, 1.807) is 25.1 Å². The van der Waals surface area contributed by atoms with Gasteiger partial charge in [-0.05, 0) is 19.1 Å². The fraction of sp³-hybridized carbons (Fsp3) is 0.190. The number of anilines is 3. The van der Waals surface area contributed by atoms with Crippen LogP contribution in [0.15, 0.2) is 48.5 Å². The highest BCUT2D eigenvalue weighted by Crippen LogP contribution is 2.40. The van der Waals surface area contributed by atoms with Crippen LogP contribution in [0.3, 0.4) is 0 Å². The average Bonchev–Trinajstić information content (AvgIpc) is 2.73. The third-order valence-electron chi connectivity index (χ3n) is 4.04. The number of amides is 1. The zero-order valence-electron chi connectivity index (χ0n) is 16.6. The molecule has 0 saturated carbocycles. The van der Waals surface area contributed by atoms with Crippen LogP contribution < -0.4 is 24.8 Å². The maximum absolute atomic E-state index is 12.8. The van der Waals surface area contributed by atoms with Crippen molar-refractivity contribution in [1.82, 2.24) is 9.97 Å². The van der Waals surface area contributed by atoms with E-state index in [4.69, 9.17) is 14.2 Å². The smallest absolute Gasteiger partial charge is 0.274 e. The van der Waals surface area contributed by atoms with Gasteiger partial charge in [-0.15, -0.1) is 0 Å².